The maximum Gasteiger partial charge on any atom is 0.163 e. The second kappa shape index (κ2) is 11.7. The number of nitriles is 1. The smallest absolute Gasteiger partial charge is 0.163 e. The zero-order chi connectivity index (χ0) is 34.3. The van der Waals surface area contributed by atoms with Gasteiger partial charge in [-0.1, -0.05) is 92.7 Å². The van der Waals surface area contributed by atoms with E-state index < -0.39 is 0 Å². The summed E-state index contributed by atoms with van der Waals surface area (Å²) in [4.78, 5) is 15.8. The first-order valence-corrected chi connectivity index (χ1v) is 19.4. The molecule has 5 saturated carbocycles. The van der Waals surface area contributed by atoms with Gasteiger partial charge >= 0.3 is 0 Å². The molecule has 4 heteroatoms. The van der Waals surface area contributed by atoms with Gasteiger partial charge in [-0.3, -0.25) is 0 Å². The topological polar surface area (TPSA) is 62.5 Å². The van der Waals surface area contributed by atoms with E-state index in [0.717, 1.165) is 71.2 Å². The quantitative estimate of drug-likeness (QED) is 0.187. The van der Waals surface area contributed by atoms with Crippen molar-refractivity contribution in [3.8, 4) is 40.0 Å². The summed E-state index contributed by atoms with van der Waals surface area (Å²) in [5.74, 6) is 6.48. The molecule has 4 nitrogen and oxygen atoms in total. The predicted molar refractivity (Wildman–Crippen MR) is 203 cm³/mol. The maximum absolute atomic E-state index is 9.67. The Morgan fingerprint density at radius 3 is 2.00 bits per heavy atom. The van der Waals surface area contributed by atoms with Crippen LogP contribution in [0.3, 0.4) is 0 Å². The molecular weight excluding hydrogens is 621 g/mol. The molecule has 5 fully saturated rings. The number of rotatable bonds is 5. The molecule has 1 aromatic heterocycles. The molecule has 6 aliphatic carbocycles. The Morgan fingerprint density at radius 2 is 1.29 bits per heavy atom. The van der Waals surface area contributed by atoms with Crippen LogP contribution in [0.25, 0.3) is 33.9 Å². The Labute approximate surface area is 302 Å². The highest BCUT2D eigenvalue weighted by molar-refractivity contribution is 5.71. The predicted octanol–water partition coefficient (Wildman–Crippen LogP) is 11.2. The van der Waals surface area contributed by atoms with Crippen molar-refractivity contribution in [2.24, 2.45) is 23.7 Å². The summed E-state index contributed by atoms with van der Waals surface area (Å²) in [6.07, 6.45) is 11.7. The van der Waals surface area contributed by atoms with E-state index in [1.54, 1.807) is 0 Å². The minimum absolute atomic E-state index is 0.0452. The zero-order valence-corrected chi connectivity index (χ0v) is 29.9. The van der Waals surface area contributed by atoms with Gasteiger partial charge in [0.1, 0.15) is 5.82 Å². The van der Waals surface area contributed by atoms with Gasteiger partial charge in [-0.05, 0) is 144 Å². The van der Waals surface area contributed by atoms with E-state index in [-0.39, 0.29) is 11.3 Å². The average molecular weight is 667 g/mol. The molecule has 6 aliphatic rings. The highest BCUT2D eigenvalue weighted by Gasteiger charge is 2.52. The number of hydrogen-bond acceptors (Lipinski definition) is 4. The van der Waals surface area contributed by atoms with Crippen molar-refractivity contribution in [2.75, 3.05) is 0 Å². The molecule has 254 valence electrons. The SMILES string of the molecule is CC1(C)c2cc(C#N)ccc2C2CC(c3nc(-c4ccc(C56CC7CC(CC(C7)C5)C6)cc4)nc(-c4cccc(-c5ccccc5)c4)n3)CCC21. The fraction of sp³-hybridized carbons (Fsp3) is 0.404. The second-order valence-corrected chi connectivity index (χ2v) is 17.4. The lowest BCUT2D eigenvalue weighted by Crippen LogP contribution is -2.48. The number of fused-ring (bicyclic) bond motifs is 3. The summed E-state index contributed by atoms with van der Waals surface area (Å²) in [6.45, 7) is 4.76. The van der Waals surface area contributed by atoms with Crippen LogP contribution in [0.1, 0.15) is 112 Å². The van der Waals surface area contributed by atoms with Crippen molar-refractivity contribution in [3.05, 3.63) is 125 Å². The lowest BCUT2D eigenvalue weighted by atomic mass is 9.48. The Balaban J connectivity index is 1.03. The van der Waals surface area contributed by atoms with Gasteiger partial charge in [-0.2, -0.15) is 5.26 Å². The van der Waals surface area contributed by atoms with E-state index in [0.29, 0.717) is 17.3 Å². The largest absolute Gasteiger partial charge is 0.213 e. The molecule has 4 aromatic carbocycles. The summed E-state index contributed by atoms with van der Waals surface area (Å²) in [5.41, 5.74) is 9.95. The molecule has 1 heterocycles. The van der Waals surface area contributed by atoms with Crippen molar-refractivity contribution >= 4 is 0 Å². The van der Waals surface area contributed by atoms with Crippen molar-refractivity contribution in [1.82, 2.24) is 15.0 Å². The molecule has 0 amide bonds. The Kier molecular flexibility index (Phi) is 7.15. The highest BCUT2D eigenvalue weighted by Crippen LogP contribution is 2.61. The van der Waals surface area contributed by atoms with Crippen molar-refractivity contribution in [3.63, 3.8) is 0 Å². The monoisotopic (exact) mass is 666 g/mol. The van der Waals surface area contributed by atoms with Gasteiger partial charge in [0.25, 0.3) is 0 Å². The van der Waals surface area contributed by atoms with Gasteiger partial charge in [-0.15, -0.1) is 0 Å². The van der Waals surface area contributed by atoms with Crippen LogP contribution in [0.2, 0.25) is 0 Å². The summed E-state index contributed by atoms with van der Waals surface area (Å²) >= 11 is 0. The van der Waals surface area contributed by atoms with Gasteiger partial charge in [0, 0.05) is 17.0 Å². The van der Waals surface area contributed by atoms with Crippen LogP contribution in [0.15, 0.2) is 97.1 Å². The number of aromatic nitrogens is 3. The van der Waals surface area contributed by atoms with Crippen LogP contribution in [0.4, 0.5) is 0 Å². The van der Waals surface area contributed by atoms with Crippen LogP contribution in [0, 0.1) is 35.0 Å². The fourth-order valence-corrected chi connectivity index (χ4v) is 12.1. The molecule has 5 aromatic rings. The minimum Gasteiger partial charge on any atom is -0.213 e. The molecule has 51 heavy (non-hydrogen) atoms. The molecule has 0 spiro atoms. The van der Waals surface area contributed by atoms with E-state index in [4.69, 9.17) is 15.0 Å². The first kappa shape index (κ1) is 31.1. The summed E-state index contributed by atoms with van der Waals surface area (Å²) < 4.78 is 0. The van der Waals surface area contributed by atoms with Gasteiger partial charge in [0.15, 0.2) is 11.6 Å². The zero-order valence-electron chi connectivity index (χ0n) is 29.9. The van der Waals surface area contributed by atoms with Crippen LogP contribution in [-0.4, -0.2) is 15.0 Å². The lowest BCUT2D eigenvalue weighted by Gasteiger charge is -2.57. The van der Waals surface area contributed by atoms with Crippen LogP contribution < -0.4 is 0 Å². The first-order chi connectivity index (χ1) is 24.8. The van der Waals surface area contributed by atoms with Crippen molar-refractivity contribution < 1.29 is 0 Å². The van der Waals surface area contributed by atoms with Crippen LogP contribution >= 0.6 is 0 Å². The highest BCUT2D eigenvalue weighted by atomic mass is 15.0. The van der Waals surface area contributed by atoms with E-state index >= 15 is 0 Å². The number of nitrogens with zero attached hydrogens (tertiary/aromatic N) is 4. The summed E-state index contributed by atoms with van der Waals surface area (Å²) in [6, 6.07) is 37.4. The average Bonchev–Trinajstić information content (AvgIpc) is 3.39. The fourth-order valence-electron chi connectivity index (χ4n) is 12.1. The van der Waals surface area contributed by atoms with Gasteiger partial charge < -0.3 is 0 Å². The summed E-state index contributed by atoms with van der Waals surface area (Å²) in [5, 5.41) is 9.67. The third kappa shape index (κ3) is 5.18. The third-order valence-electron chi connectivity index (χ3n) is 14.1. The second-order valence-electron chi connectivity index (χ2n) is 17.4. The van der Waals surface area contributed by atoms with E-state index in [1.165, 1.54) is 66.3 Å². The van der Waals surface area contributed by atoms with Gasteiger partial charge in [0.2, 0.25) is 0 Å². The molecule has 0 radical (unpaired) electrons. The molecule has 0 aliphatic heterocycles. The molecule has 4 bridgehead atoms. The first-order valence-electron chi connectivity index (χ1n) is 19.4. The molecule has 3 atom stereocenters. The van der Waals surface area contributed by atoms with Gasteiger partial charge in [0.05, 0.1) is 11.6 Å². The van der Waals surface area contributed by atoms with E-state index in [2.05, 4.69) is 111 Å². The summed E-state index contributed by atoms with van der Waals surface area (Å²) in [7, 11) is 0. The van der Waals surface area contributed by atoms with Crippen molar-refractivity contribution in [2.45, 2.75) is 94.3 Å². The van der Waals surface area contributed by atoms with Crippen LogP contribution in [-0.2, 0) is 10.8 Å². The minimum atomic E-state index is 0.0452. The third-order valence-corrected chi connectivity index (χ3v) is 14.1. The standard InChI is InChI=1S/C47H46N4/c1-46(2)41-18-14-37(24-40(41)39-17-11-29(28-48)22-42(39)46)45-50-43(49-44(51-45)36-10-6-9-35(23-36)33-7-4-3-5-8-33)34-12-15-38(16-13-34)47-25-30-19-31(26-47)21-32(20-30)27-47/h3-13,15-17,22-23,30-32,37,40-41H,14,18-21,24-27H2,1-2H3. The normalized spacial score (nSPS) is 29.7. The molecule has 0 saturated heterocycles. The Hall–Kier alpha value is -4.62. The molecule has 11 rings (SSSR count). The maximum atomic E-state index is 9.67. The Bertz CT molecular complexity index is 2140. The molecule has 3 unspecified atom stereocenters. The van der Waals surface area contributed by atoms with E-state index in [9.17, 15) is 5.26 Å². The Morgan fingerprint density at radius 1 is 0.627 bits per heavy atom. The number of benzene rings is 4. The lowest BCUT2D eigenvalue weighted by molar-refractivity contribution is -0.00518. The van der Waals surface area contributed by atoms with Crippen LogP contribution in [0.5, 0.6) is 0 Å². The molecular formula is C47H46N4. The van der Waals surface area contributed by atoms with Gasteiger partial charge in [-0.25, -0.2) is 15.0 Å². The van der Waals surface area contributed by atoms with E-state index in [1.807, 2.05) is 6.07 Å². The van der Waals surface area contributed by atoms with Crippen molar-refractivity contribution in [1.29, 1.82) is 5.26 Å². The number of hydrogen-bond donors (Lipinski definition) is 0. The molecule has 0 N–H and O–H groups in total.